The molecule has 1 heterocycles. The van der Waals surface area contributed by atoms with Crippen molar-refractivity contribution in [1.29, 1.82) is 0 Å². The van der Waals surface area contributed by atoms with E-state index in [0.717, 1.165) is 18.4 Å². The molecule has 24 heavy (non-hydrogen) atoms. The third-order valence-corrected chi connectivity index (χ3v) is 4.05. The molecule has 1 amide bonds. The number of carbonyl (C=O) groups is 2. The molecule has 1 aromatic carbocycles. The van der Waals surface area contributed by atoms with Gasteiger partial charge in [0, 0.05) is 18.7 Å². The molecule has 2 rings (SSSR count). The Bertz CT molecular complexity index is 604. The number of esters is 1. The van der Waals surface area contributed by atoms with E-state index in [2.05, 4.69) is 0 Å². The Balaban J connectivity index is 2.15. The lowest BCUT2D eigenvalue weighted by Gasteiger charge is -2.32. The molecule has 1 unspecified atom stereocenters. The van der Waals surface area contributed by atoms with Crippen LogP contribution in [0.2, 0.25) is 0 Å². The van der Waals surface area contributed by atoms with Gasteiger partial charge in [0.05, 0.1) is 21.3 Å². The fourth-order valence-electron chi connectivity index (χ4n) is 2.77. The fraction of sp³-hybridized carbons (Fsp3) is 0.444. The molecule has 0 spiro atoms. The standard InChI is InChI=1S/C18H23NO5/c1-22-14-10-13(11-15(12-14)23-2)7-8-17(20)19-9-5-4-6-16(19)18(21)24-3/h7-8,10-12,16H,4-6,9H2,1-3H3. The van der Waals surface area contributed by atoms with Crippen LogP contribution in [-0.4, -0.2) is 50.7 Å². The van der Waals surface area contributed by atoms with E-state index in [-0.39, 0.29) is 11.9 Å². The Morgan fingerprint density at radius 1 is 1.08 bits per heavy atom. The predicted octanol–water partition coefficient (Wildman–Crippen LogP) is 2.27. The van der Waals surface area contributed by atoms with Crippen molar-refractivity contribution >= 4 is 18.0 Å². The summed E-state index contributed by atoms with van der Waals surface area (Å²) in [5, 5.41) is 0. The first kappa shape index (κ1) is 17.8. The lowest BCUT2D eigenvalue weighted by Crippen LogP contribution is -2.47. The zero-order chi connectivity index (χ0) is 17.5. The van der Waals surface area contributed by atoms with Crippen molar-refractivity contribution in [3.05, 3.63) is 29.8 Å². The number of amides is 1. The van der Waals surface area contributed by atoms with Crippen molar-refractivity contribution in [2.75, 3.05) is 27.9 Å². The van der Waals surface area contributed by atoms with Crippen LogP contribution in [0.1, 0.15) is 24.8 Å². The van der Waals surface area contributed by atoms with Crippen molar-refractivity contribution in [2.45, 2.75) is 25.3 Å². The van der Waals surface area contributed by atoms with Crippen LogP contribution in [0, 0.1) is 0 Å². The molecule has 0 radical (unpaired) electrons. The predicted molar refractivity (Wildman–Crippen MR) is 89.9 cm³/mol. The van der Waals surface area contributed by atoms with Gasteiger partial charge in [0.15, 0.2) is 0 Å². The molecular formula is C18H23NO5. The highest BCUT2D eigenvalue weighted by molar-refractivity contribution is 5.94. The molecule has 0 saturated carbocycles. The summed E-state index contributed by atoms with van der Waals surface area (Å²) >= 11 is 0. The fourth-order valence-corrected chi connectivity index (χ4v) is 2.77. The van der Waals surface area contributed by atoms with E-state index < -0.39 is 6.04 Å². The van der Waals surface area contributed by atoms with Crippen LogP contribution >= 0.6 is 0 Å². The van der Waals surface area contributed by atoms with E-state index in [9.17, 15) is 9.59 Å². The summed E-state index contributed by atoms with van der Waals surface area (Å²) in [6, 6.07) is 4.87. The molecule has 130 valence electrons. The smallest absolute Gasteiger partial charge is 0.328 e. The molecule has 6 heteroatoms. The van der Waals surface area contributed by atoms with Gasteiger partial charge in [-0.1, -0.05) is 0 Å². The molecule has 0 aliphatic carbocycles. The maximum Gasteiger partial charge on any atom is 0.328 e. The number of ether oxygens (including phenoxy) is 3. The minimum absolute atomic E-state index is 0.202. The summed E-state index contributed by atoms with van der Waals surface area (Å²) in [7, 11) is 4.49. The summed E-state index contributed by atoms with van der Waals surface area (Å²) in [4.78, 5) is 25.9. The molecule has 1 fully saturated rings. The first-order valence-corrected chi connectivity index (χ1v) is 7.88. The Morgan fingerprint density at radius 2 is 1.75 bits per heavy atom. The van der Waals surface area contributed by atoms with Gasteiger partial charge in [0.1, 0.15) is 17.5 Å². The average molecular weight is 333 g/mol. The van der Waals surface area contributed by atoms with Gasteiger partial charge >= 0.3 is 5.97 Å². The van der Waals surface area contributed by atoms with Crippen LogP contribution in [0.5, 0.6) is 11.5 Å². The van der Waals surface area contributed by atoms with Crippen molar-refractivity contribution in [2.24, 2.45) is 0 Å². The van der Waals surface area contributed by atoms with Gasteiger partial charge in [-0.15, -0.1) is 0 Å². The molecule has 1 atom stereocenters. The van der Waals surface area contributed by atoms with Crippen molar-refractivity contribution in [1.82, 2.24) is 4.90 Å². The largest absolute Gasteiger partial charge is 0.497 e. The number of hydrogen-bond donors (Lipinski definition) is 0. The second-order valence-electron chi connectivity index (χ2n) is 5.55. The Morgan fingerprint density at radius 3 is 2.33 bits per heavy atom. The molecule has 0 bridgehead atoms. The van der Waals surface area contributed by atoms with Gasteiger partial charge in [0.2, 0.25) is 5.91 Å². The number of rotatable bonds is 5. The molecular weight excluding hydrogens is 310 g/mol. The van der Waals surface area contributed by atoms with Crippen LogP contribution < -0.4 is 9.47 Å². The third kappa shape index (κ3) is 4.28. The van der Waals surface area contributed by atoms with E-state index in [1.54, 1.807) is 43.4 Å². The number of likely N-dealkylation sites (tertiary alicyclic amines) is 1. The number of hydrogen-bond acceptors (Lipinski definition) is 5. The van der Waals surface area contributed by atoms with Gasteiger partial charge in [-0.05, 0) is 43.0 Å². The highest BCUT2D eigenvalue weighted by Gasteiger charge is 2.31. The highest BCUT2D eigenvalue weighted by atomic mass is 16.5. The van der Waals surface area contributed by atoms with E-state index in [1.807, 2.05) is 0 Å². The summed E-state index contributed by atoms with van der Waals surface area (Å²) in [6.07, 6.45) is 5.60. The van der Waals surface area contributed by atoms with Gasteiger partial charge in [-0.25, -0.2) is 4.79 Å². The maximum atomic E-state index is 12.5. The Kier molecular flexibility index (Phi) is 6.23. The summed E-state index contributed by atoms with van der Waals surface area (Å²) in [5.74, 6) is 0.727. The number of carbonyl (C=O) groups excluding carboxylic acids is 2. The topological polar surface area (TPSA) is 65.1 Å². The number of benzene rings is 1. The number of methoxy groups -OCH3 is 3. The zero-order valence-electron chi connectivity index (χ0n) is 14.3. The molecule has 0 aromatic heterocycles. The molecule has 1 saturated heterocycles. The van der Waals surface area contributed by atoms with Crippen LogP contribution in [-0.2, 0) is 14.3 Å². The molecule has 1 aliphatic rings. The number of nitrogens with zero attached hydrogens (tertiary/aromatic N) is 1. The van der Waals surface area contributed by atoms with E-state index >= 15 is 0 Å². The summed E-state index contributed by atoms with van der Waals surface area (Å²) in [5.41, 5.74) is 0.783. The maximum absolute atomic E-state index is 12.5. The molecule has 1 aliphatic heterocycles. The lowest BCUT2D eigenvalue weighted by molar-refractivity contribution is -0.153. The Hall–Kier alpha value is -2.50. The minimum Gasteiger partial charge on any atom is -0.497 e. The van der Waals surface area contributed by atoms with Crippen LogP contribution in [0.15, 0.2) is 24.3 Å². The van der Waals surface area contributed by atoms with Gasteiger partial charge in [-0.2, -0.15) is 0 Å². The molecule has 1 aromatic rings. The average Bonchev–Trinajstić information content (AvgIpc) is 2.64. The van der Waals surface area contributed by atoms with Crippen molar-refractivity contribution < 1.29 is 23.8 Å². The van der Waals surface area contributed by atoms with Gasteiger partial charge in [0.25, 0.3) is 0 Å². The van der Waals surface area contributed by atoms with Crippen LogP contribution in [0.3, 0.4) is 0 Å². The summed E-state index contributed by atoms with van der Waals surface area (Å²) < 4.78 is 15.2. The van der Waals surface area contributed by atoms with E-state index in [1.165, 1.54) is 13.2 Å². The van der Waals surface area contributed by atoms with E-state index in [0.29, 0.717) is 24.5 Å². The van der Waals surface area contributed by atoms with Crippen molar-refractivity contribution in [3.63, 3.8) is 0 Å². The first-order chi connectivity index (χ1) is 11.6. The monoisotopic (exact) mass is 333 g/mol. The SMILES string of the molecule is COC(=O)C1CCCCN1C(=O)C=Cc1cc(OC)cc(OC)c1. The van der Waals surface area contributed by atoms with Crippen molar-refractivity contribution in [3.8, 4) is 11.5 Å². The second kappa shape index (κ2) is 8.38. The molecule has 6 nitrogen and oxygen atoms in total. The van der Waals surface area contributed by atoms with Gasteiger partial charge < -0.3 is 19.1 Å². The van der Waals surface area contributed by atoms with Crippen LogP contribution in [0.4, 0.5) is 0 Å². The van der Waals surface area contributed by atoms with Gasteiger partial charge in [-0.3, -0.25) is 4.79 Å². The highest BCUT2D eigenvalue weighted by Crippen LogP contribution is 2.24. The zero-order valence-corrected chi connectivity index (χ0v) is 14.3. The van der Waals surface area contributed by atoms with E-state index in [4.69, 9.17) is 14.2 Å². The normalized spacial score (nSPS) is 17.6. The second-order valence-corrected chi connectivity index (χ2v) is 5.55. The molecule has 0 N–H and O–H groups in total. The third-order valence-electron chi connectivity index (χ3n) is 4.05. The minimum atomic E-state index is -0.499. The number of piperidine rings is 1. The van der Waals surface area contributed by atoms with Crippen LogP contribution in [0.25, 0.3) is 6.08 Å². The summed E-state index contributed by atoms with van der Waals surface area (Å²) in [6.45, 7) is 0.560. The first-order valence-electron chi connectivity index (χ1n) is 7.88. The lowest BCUT2D eigenvalue weighted by atomic mass is 10.0. The quantitative estimate of drug-likeness (QED) is 0.611. The Labute approximate surface area is 142 Å².